The highest BCUT2D eigenvalue weighted by Crippen LogP contribution is 2.60. The maximum Gasteiger partial charge on any atom is 0.419 e. The summed E-state index contributed by atoms with van der Waals surface area (Å²) in [7, 11) is 0. The molecule has 1 saturated heterocycles. The molecule has 1 fully saturated rings. The van der Waals surface area contributed by atoms with Crippen LogP contribution in [-0.4, -0.2) is 60.1 Å². The first-order valence-electron chi connectivity index (χ1n) is 10.9. The zero-order valence-corrected chi connectivity index (χ0v) is 19.5. The van der Waals surface area contributed by atoms with E-state index in [1.807, 2.05) is 0 Å². The number of pyridine rings is 1. The Morgan fingerprint density at radius 3 is 1.85 bits per heavy atom. The number of hydrogen-bond donors (Lipinski definition) is 1. The number of halogens is 12. The van der Waals surface area contributed by atoms with Crippen molar-refractivity contribution in [2.45, 2.75) is 43.1 Å². The van der Waals surface area contributed by atoms with Crippen LogP contribution in [0.3, 0.4) is 0 Å². The van der Waals surface area contributed by atoms with Gasteiger partial charge in [-0.05, 0) is 36.8 Å². The van der Waals surface area contributed by atoms with Crippen molar-refractivity contribution in [1.82, 2.24) is 9.88 Å². The summed E-state index contributed by atoms with van der Waals surface area (Å²) in [6.07, 6.45) is -23.9. The quantitative estimate of drug-likeness (QED) is 0.407. The van der Waals surface area contributed by atoms with Crippen molar-refractivity contribution in [1.29, 1.82) is 0 Å². The van der Waals surface area contributed by atoms with Crippen molar-refractivity contribution in [3.63, 3.8) is 0 Å². The maximum atomic E-state index is 13.3. The molecule has 1 aromatic carbocycles. The highest BCUT2D eigenvalue weighted by atomic mass is 19.4. The van der Waals surface area contributed by atoms with Gasteiger partial charge in [-0.1, -0.05) is 12.1 Å². The second-order valence-electron chi connectivity index (χ2n) is 8.61. The van der Waals surface area contributed by atoms with Crippen LogP contribution in [0, 0.1) is 0 Å². The third-order valence-corrected chi connectivity index (χ3v) is 6.12. The summed E-state index contributed by atoms with van der Waals surface area (Å²) < 4.78 is 160. The SMILES string of the molecule is CC1CN(c2ncccc2C(F)(F)F)CCN1C(=O)Nc1ccc(C(C(F)(F)F)(C(F)(F)F)C(F)(F)F)cc1. The highest BCUT2D eigenvalue weighted by molar-refractivity contribution is 5.89. The molecule has 216 valence electrons. The number of piperazine rings is 1. The van der Waals surface area contributed by atoms with Gasteiger partial charge >= 0.3 is 30.7 Å². The molecule has 0 saturated carbocycles. The number of amides is 2. The molecule has 39 heavy (non-hydrogen) atoms. The Morgan fingerprint density at radius 2 is 1.38 bits per heavy atom. The first-order chi connectivity index (χ1) is 17.7. The van der Waals surface area contributed by atoms with E-state index < -0.39 is 59.0 Å². The Balaban J connectivity index is 1.79. The second kappa shape index (κ2) is 9.97. The molecule has 1 atom stereocenters. The Bertz CT molecular complexity index is 1140. The third kappa shape index (κ3) is 5.52. The van der Waals surface area contributed by atoms with Crippen LogP contribution in [0.25, 0.3) is 0 Å². The molecule has 2 amide bonds. The van der Waals surface area contributed by atoms with Crippen molar-refractivity contribution in [3.05, 3.63) is 53.7 Å². The number of anilines is 2. The fourth-order valence-corrected chi connectivity index (χ4v) is 4.29. The number of nitrogens with zero attached hydrogens (tertiary/aromatic N) is 3. The van der Waals surface area contributed by atoms with Crippen LogP contribution < -0.4 is 10.2 Å². The summed E-state index contributed by atoms with van der Waals surface area (Å²) >= 11 is 0. The molecule has 2 aromatic rings. The third-order valence-electron chi connectivity index (χ3n) is 6.12. The number of hydrogen-bond acceptors (Lipinski definition) is 3. The van der Waals surface area contributed by atoms with E-state index in [9.17, 15) is 57.5 Å². The van der Waals surface area contributed by atoms with Gasteiger partial charge in [0.05, 0.1) is 5.56 Å². The van der Waals surface area contributed by atoms with E-state index in [4.69, 9.17) is 0 Å². The van der Waals surface area contributed by atoms with Crippen LogP contribution in [0.2, 0.25) is 0 Å². The zero-order valence-electron chi connectivity index (χ0n) is 19.5. The van der Waals surface area contributed by atoms with Gasteiger partial charge in [-0.25, -0.2) is 9.78 Å². The first-order valence-corrected chi connectivity index (χ1v) is 10.9. The molecule has 3 rings (SSSR count). The molecular weight excluding hydrogens is 564 g/mol. The topological polar surface area (TPSA) is 48.5 Å². The smallest absolute Gasteiger partial charge is 0.352 e. The number of alkyl halides is 12. The predicted molar refractivity (Wildman–Crippen MR) is 113 cm³/mol. The molecular formula is C22H18F12N4O. The summed E-state index contributed by atoms with van der Waals surface area (Å²) in [5.74, 6) is -0.366. The molecule has 1 unspecified atom stereocenters. The molecule has 1 aliphatic heterocycles. The van der Waals surface area contributed by atoms with Gasteiger partial charge in [0.25, 0.3) is 5.41 Å². The van der Waals surface area contributed by atoms with Crippen LogP contribution in [0.5, 0.6) is 0 Å². The van der Waals surface area contributed by atoms with E-state index in [1.54, 1.807) is 0 Å². The molecule has 0 spiro atoms. The van der Waals surface area contributed by atoms with Crippen molar-refractivity contribution < 1.29 is 57.5 Å². The number of carbonyl (C=O) groups excluding carboxylic acids is 1. The highest BCUT2D eigenvalue weighted by Gasteiger charge is 2.84. The lowest BCUT2D eigenvalue weighted by Gasteiger charge is -2.41. The Morgan fingerprint density at radius 1 is 0.846 bits per heavy atom. The van der Waals surface area contributed by atoms with Crippen molar-refractivity contribution in [2.24, 2.45) is 0 Å². The molecule has 0 aliphatic carbocycles. The predicted octanol–water partition coefficient (Wildman–Crippen LogP) is 6.77. The minimum absolute atomic E-state index is 0.0365. The Kier molecular flexibility index (Phi) is 7.70. The number of urea groups is 1. The normalized spacial score (nSPS) is 17.8. The van der Waals surface area contributed by atoms with E-state index in [0.717, 1.165) is 23.2 Å². The number of benzene rings is 1. The standard InChI is InChI=1S/C22H18F12N4O/c1-12-11-37(16-15(19(23,24)25)3-2-8-35-16)9-10-38(12)17(39)36-14-6-4-13(5-7-14)18(20(26,27)28,21(29,30)31)22(32,33)34/h2-8,12H,9-11H2,1H3,(H,36,39). The molecule has 1 aromatic heterocycles. The van der Waals surface area contributed by atoms with E-state index >= 15 is 0 Å². The minimum atomic E-state index is -6.79. The molecule has 0 bridgehead atoms. The second-order valence-corrected chi connectivity index (χ2v) is 8.61. The largest absolute Gasteiger partial charge is 0.419 e. The van der Waals surface area contributed by atoms with Crippen LogP contribution in [0.4, 0.5) is 69.0 Å². The maximum absolute atomic E-state index is 13.3. The number of aromatic nitrogens is 1. The molecule has 1 N–H and O–H groups in total. The van der Waals surface area contributed by atoms with Gasteiger partial charge in [0.1, 0.15) is 5.82 Å². The van der Waals surface area contributed by atoms with Crippen LogP contribution >= 0.6 is 0 Å². The average Bonchev–Trinajstić information content (AvgIpc) is 2.77. The van der Waals surface area contributed by atoms with Gasteiger partial charge in [-0.2, -0.15) is 52.7 Å². The van der Waals surface area contributed by atoms with Gasteiger partial charge in [-0.15, -0.1) is 0 Å². The van der Waals surface area contributed by atoms with Crippen molar-refractivity contribution in [2.75, 3.05) is 29.9 Å². The van der Waals surface area contributed by atoms with Gasteiger partial charge in [0.15, 0.2) is 0 Å². The Labute approximate surface area is 212 Å². The van der Waals surface area contributed by atoms with Crippen molar-refractivity contribution in [3.8, 4) is 0 Å². The zero-order chi connectivity index (χ0) is 29.6. The van der Waals surface area contributed by atoms with E-state index in [0.29, 0.717) is 12.1 Å². The summed E-state index contributed by atoms with van der Waals surface area (Å²) in [5.41, 5.74) is -9.72. The van der Waals surface area contributed by atoms with Gasteiger partial charge in [-0.3, -0.25) is 0 Å². The van der Waals surface area contributed by atoms with E-state index in [-0.39, 0.29) is 37.6 Å². The number of rotatable bonds is 3. The molecule has 5 nitrogen and oxygen atoms in total. The van der Waals surface area contributed by atoms with E-state index in [1.165, 1.54) is 11.8 Å². The summed E-state index contributed by atoms with van der Waals surface area (Å²) in [5, 5.41) is 2.16. The molecule has 0 radical (unpaired) electrons. The van der Waals surface area contributed by atoms with Gasteiger partial charge in [0, 0.05) is 37.6 Å². The minimum Gasteiger partial charge on any atom is -0.352 e. The number of nitrogens with one attached hydrogen (secondary N) is 1. The van der Waals surface area contributed by atoms with E-state index in [2.05, 4.69) is 10.3 Å². The average molecular weight is 582 g/mol. The summed E-state index contributed by atoms with van der Waals surface area (Å²) in [4.78, 5) is 18.9. The van der Waals surface area contributed by atoms with Crippen LogP contribution in [0.15, 0.2) is 42.6 Å². The van der Waals surface area contributed by atoms with Crippen LogP contribution in [0.1, 0.15) is 18.1 Å². The van der Waals surface area contributed by atoms with Gasteiger partial charge < -0.3 is 15.1 Å². The lowest BCUT2D eigenvalue weighted by atomic mass is 9.78. The van der Waals surface area contributed by atoms with Crippen molar-refractivity contribution >= 4 is 17.5 Å². The monoisotopic (exact) mass is 582 g/mol. The van der Waals surface area contributed by atoms with Gasteiger partial charge in [0.2, 0.25) is 0 Å². The molecule has 17 heteroatoms. The Hall–Kier alpha value is -3.40. The molecule has 2 heterocycles. The summed E-state index contributed by atoms with van der Waals surface area (Å²) in [6.45, 7) is 1.09. The summed E-state index contributed by atoms with van der Waals surface area (Å²) in [6, 6.07) is 1.10. The fraction of sp³-hybridized carbons (Fsp3) is 0.455. The van der Waals surface area contributed by atoms with Crippen LogP contribution in [-0.2, 0) is 11.6 Å². The fourth-order valence-electron chi connectivity index (χ4n) is 4.29. The first kappa shape index (κ1) is 30.1. The lowest BCUT2D eigenvalue weighted by molar-refractivity contribution is -0.387. The number of carbonyl (C=O) groups is 1. The molecule has 1 aliphatic rings. The lowest BCUT2D eigenvalue weighted by Crippen LogP contribution is -2.63.